The second-order valence-corrected chi connectivity index (χ2v) is 8.15. The molecule has 1 atom stereocenters. The van der Waals surface area contributed by atoms with Crippen LogP contribution in [0.1, 0.15) is 60.4 Å². The van der Waals surface area contributed by atoms with Gasteiger partial charge in [0.15, 0.2) is 0 Å². The van der Waals surface area contributed by atoms with Gasteiger partial charge in [-0.15, -0.1) is 11.3 Å². The number of likely N-dealkylation sites (tertiary alicyclic amines) is 1. The number of carbonyl (C=O) groups excluding carboxylic acids is 1. The maximum absolute atomic E-state index is 12.9. The molecule has 2 heterocycles. The van der Waals surface area contributed by atoms with E-state index in [9.17, 15) is 9.90 Å². The average Bonchev–Trinajstić information content (AvgIpc) is 2.86. The van der Waals surface area contributed by atoms with Crippen molar-refractivity contribution in [3.05, 3.63) is 15.6 Å². The van der Waals surface area contributed by atoms with E-state index in [1.807, 2.05) is 11.8 Å². The zero-order chi connectivity index (χ0) is 16.3. The van der Waals surface area contributed by atoms with Crippen molar-refractivity contribution in [1.29, 1.82) is 0 Å². The van der Waals surface area contributed by atoms with E-state index >= 15 is 0 Å². The largest absolute Gasteiger partial charge is 0.396 e. The Morgan fingerprint density at radius 3 is 2.82 bits per heavy atom. The van der Waals surface area contributed by atoms with Gasteiger partial charge in [0.1, 0.15) is 4.88 Å². The highest BCUT2D eigenvalue weighted by atomic mass is 32.1. The van der Waals surface area contributed by atoms with Crippen molar-refractivity contribution in [3.63, 3.8) is 0 Å². The molecule has 124 valence electrons. The number of rotatable bonds is 5. The maximum Gasteiger partial charge on any atom is 0.265 e. The molecule has 1 amide bonds. The van der Waals surface area contributed by atoms with E-state index in [2.05, 4.69) is 25.8 Å². The summed E-state index contributed by atoms with van der Waals surface area (Å²) < 4.78 is 0. The van der Waals surface area contributed by atoms with Crippen molar-refractivity contribution in [2.45, 2.75) is 53.4 Å². The molecule has 0 aromatic carbocycles. The number of piperidine rings is 1. The summed E-state index contributed by atoms with van der Waals surface area (Å²) in [7, 11) is 0. The number of amides is 1. The summed E-state index contributed by atoms with van der Waals surface area (Å²) in [5, 5.41) is 10.7. The number of aryl methyl sites for hydroxylation is 1. The van der Waals surface area contributed by atoms with Crippen LogP contribution in [0.25, 0.3) is 0 Å². The molecule has 1 unspecified atom stereocenters. The van der Waals surface area contributed by atoms with Gasteiger partial charge in [-0.25, -0.2) is 4.98 Å². The highest BCUT2D eigenvalue weighted by molar-refractivity contribution is 7.13. The average molecular weight is 324 g/mol. The summed E-state index contributed by atoms with van der Waals surface area (Å²) in [5.41, 5.74) is 0.824. The van der Waals surface area contributed by atoms with Crippen molar-refractivity contribution in [1.82, 2.24) is 9.88 Å². The summed E-state index contributed by atoms with van der Waals surface area (Å²) in [6.45, 7) is 9.98. The van der Waals surface area contributed by atoms with E-state index in [1.54, 1.807) is 0 Å². The first-order valence-electron chi connectivity index (χ1n) is 8.27. The lowest BCUT2D eigenvalue weighted by Gasteiger charge is -2.41. The Morgan fingerprint density at radius 2 is 2.23 bits per heavy atom. The Labute approximate surface area is 137 Å². The van der Waals surface area contributed by atoms with Crippen LogP contribution < -0.4 is 0 Å². The minimum Gasteiger partial charge on any atom is -0.396 e. The minimum atomic E-state index is -0.119. The molecule has 0 bridgehead atoms. The van der Waals surface area contributed by atoms with Gasteiger partial charge in [-0.2, -0.15) is 0 Å². The molecule has 4 nitrogen and oxygen atoms in total. The Balaban J connectivity index is 2.21. The van der Waals surface area contributed by atoms with Crippen LogP contribution in [-0.2, 0) is 6.42 Å². The van der Waals surface area contributed by atoms with Gasteiger partial charge in [0, 0.05) is 18.5 Å². The quantitative estimate of drug-likeness (QED) is 0.904. The number of hydrogen-bond donors (Lipinski definition) is 1. The van der Waals surface area contributed by atoms with Gasteiger partial charge in [0.05, 0.1) is 17.3 Å². The third-order valence-electron chi connectivity index (χ3n) is 4.63. The molecule has 5 heteroatoms. The molecular weight excluding hydrogens is 296 g/mol. The topological polar surface area (TPSA) is 53.4 Å². The van der Waals surface area contributed by atoms with Crippen molar-refractivity contribution < 1.29 is 9.90 Å². The summed E-state index contributed by atoms with van der Waals surface area (Å²) in [5.74, 6) is 0.591. The molecule has 1 aliphatic heterocycles. The van der Waals surface area contributed by atoms with Crippen molar-refractivity contribution in [3.8, 4) is 0 Å². The molecule has 0 radical (unpaired) electrons. The zero-order valence-corrected chi connectivity index (χ0v) is 15.0. The number of aromatic nitrogens is 1. The Bertz CT molecular complexity index is 521. The SMILES string of the molecule is CCC1(CO)CCCN(C(=O)c2sc(C)nc2CC(C)C)C1. The molecule has 0 aliphatic carbocycles. The Kier molecular flexibility index (Phi) is 5.61. The fourth-order valence-corrected chi connectivity index (χ4v) is 4.13. The molecule has 1 aromatic rings. The van der Waals surface area contributed by atoms with Crippen LogP contribution >= 0.6 is 11.3 Å². The van der Waals surface area contributed by atoms with E-state index < -0.39 is 0 Å². The molecule has 1 saturated heterocycles. The van der Waals surface area contributed by atoms with Crippen LogP contribution in [0.15, 0.2) is 0 Å². The highest BCUT2D eigenvalue weighted by Crippen LogP contribution is 2.34. The summed E-state index contributed by atoms with van der Waals surface area (Å²) in [4.78, 5) is 20.2. The highest BCUT2D eigenvalue weighted by Gasteiger charge is 2.36. The van der Waals surface area contributed by atoms with Crippen molar-refractivity contribution >= 4 is 17.2 Å². The third-order valence-corrected chi connectivity index (χ3v) is 5.64. The van der Waals surface area contributed by atoms with Gasteiger partial charge < -0.3 is 10.0 Å². The molecule has 0 spiro atoms. The molecule has 22 heavy (non-hydrogen) atoms. The lowest BCUT2D eigenvalue weighted by Crippen LogP contribution is -2.47. The second-order valence-electron chi connectivity index (χ2n) is 6.95. The molecule has 1 N–H and O–H groups in total. The Hall–Kier alpha value is -0.940. The number of carbonyl (C=O) groups is 1. The van der Waals surface area contributed by atoms with Crippen LogP contribution in [0.4, 0.5) is 0 Å². The molecule has 0 saturated carbocycles. The predicted molar refractivity (Wildman–Crippen MR) is 90.3 cm³/mol. The first kappa shape index (κ1) is 17.4. The van der Waals surface area contributed by atoms with Crippen LogP contribution in [-0.4, -0.2) is 40.6 Å². The van der Waals surface area contributed by atoms with Crippen LogP contribution in [0, 0.1) is 18.3 Å². The molecule has 1 aromatic heterocycles. The summed E-state index contributed by atoms with van der Waals surface area (Å²) in [6, 6.07) is 0. The monoisotopic (exact) mass is 324 g/mol. The standard InChI is InChI=1S/C17H28N2O2S/c1-5-17(11-20)7-6-8-19(10-17)16(21)15-14(9-12(2)3)18-13(4)22-15/h12,20H,5-11H2,1-4H3. The number of aliphatic hydroxyl groups excluding tert-OH is 1. The van der Waals surface area contributed by atoms with Crippen LogP contribution in [0.3, 0.4) is 0 Å². The van der Waals surface area contributed by atoms with Crippen molar-refractivity contribution in [2.75, 3.05) is 19.7 Å². The number of nitrogens with zero attached hydrogens (tertiary/aromatic N) is 2. The first-order valence-corrected chi connectivity index (χ1v) is 9.09. The van der Waals surface area contributed by atoms with E-state index in [4.69, 9.17) is 0 Å². The fourth-order valence-electron chi connectivity index (χ4n) is 3.22. The van der Waals surface area contributed by atoms with E-state index in [0.29, 0.717) is 12.5 Å². The Morgan fingerprint density at radius 1 is 1.50 bits per heavy atom. The zero-order valence-electron chi connectivity index (χ0n) is 14.2. The normalized spacial score (nSPS) is 22.4. The molecule has 2 rings (SSSR count). The van der Waals surface area contributed by atoms with E-state index in [-0.39, 0.29) is 17.9 Å². The van der Waals surface area contributed by atoms with Gasteiger partial charge in [0.25, 0.3) is 5.91 Å². The van der Waals surface area contributed by atoms with Gasteiger partial charge in [-0.05, 0) is 38.5 Å². The third kappa shape index (κ3) is 3.69. The van der Waals surface area contributed by atoms with Gasteiger partial charge in [0.2, 0.25) is 0 Å². The van der Waals surface area contributed by atoms with E-state index in [0.717, 1.165) is 47.8 Å². The van der Waals surface area contributed by atoms with Crippen molar-refractivity contribution in [2.24, 2.45) is 11.3 Å². The molecule has 1 fully saturated rings. The number of aliphatic hydroxyl groups is 1. The van der Waals surface area contributed by atoms with Crippen LogP contribution in [0.2, 0.25) is 0 Å². The van der Waals surface area contributed by atoms with Gasteiger partial charge >= 0.3 is 0 Å². The minimum absolute atomic E-state index is 0.104. The van der Waals surface area contributed by atoms with E-state index in [1.165, 1.54) is 11.3 Å². The van der Waals surface area contributed by atoms with Gasteiger partial charge in [-0.1, -0.05) is 20.8 Å². The molecular formula is C17H28N2O2S. The second kappa shape index (κ2) is 7.09. The maximum atomic E-state index is 12.9. The lowest BCUT2D eigenvalue weighted by molar-refractivity contribution is 0.0254. The summed E-state index contributed by atoms with van der Waals surface area (Å²) in [6.07, 6.45) is 3.73. The smallest absolute Gasteiger partial charge is 0.265 e. The summed E-state index contributed by atoms with van der Waals surface area (Å²) >= 11 is 1.51. The number of thiazole rings is 1. The lowest BCUT2D eigenvalue weighted by atomic mass is 9.78. The molecule has 1 aliphatic rings. The fraction of sp³-hybridized carbons (Fsp3) is 0.765. The predicted octanol–water partition coefficient (Wildman–Crippen LogP) is 3.27. The number of hydrogen-bond acceptors (Lipinski definition) is 4. The first-order chi connectivity index (χ1) is 10.4. The van der Waals surface area contributed by atoms with Gasteiger partial charge in [-0.3, -0.25) is 4.79 Å². The van der Waals surface area contributed by atoms with Crippen LogP contribution in [0.5, 0.6) is 0 Å².